The Labute approximate surface area is 187 Å². The minimum Gasteiger partial charge on any atom is -0.444 e. The van der Waals surface area contributed by atoms with Crippen LogP contribution in [0.3, 0.4) is 0 Å². The lowest BCUT2D eigenvalue weighted by molar-refractivity contribution is -0.121. The molecule has 1 unspecified atom stereocenters. The molecule has 4 heterocycles. The highest BCUT2D eigenvalue weighted by atomic mass is 16.6. The average Bonchev–Trinajstić information content (AvgIpc) is 2.97. The van der Waals surface area contributed by atoms with Gasteiger partial charge in [0.25, 0.3) is 0 Å². The van der Waals surface area contributed by atoms with Crippen LogP contribution in [0.25, 0.3) is 0 Å². The lowest BCUT2D eigenvalue weighted by atomic mass is 9.90. The van der Waals surface area contributed by atoms with E-state index in [9.17, 15) is 19.6 Å². The number of urea groups is 1. The monoisotopic (exact) mass is 445 g/mol. The van der Waals surface area contributed by atoms with E-state index in [4.69, 9.17) is 4.74 Å². The Kier molecular flexibility index (Phi) is 5.98. The van der Waals surface area contributed by atoms with Gasteiger partial charge >= 0.3 is 12.1 Å². The number of piperidine rings is 2. The highest BCUT2D eigenvalue weighted by Gasteiger charge is 2.46. The number of nitrogens with zero attached hydrogens (tertiary/aromatic N) is 4. The Hall–Kier alpha value is -2.88. The highest BCUT2D eigenvalue weighted by Crippen LogP contribution is 2.30. The lowest BCUT2D eigenvalue weighted by Crippen LogP contribution is -2.47. The van der Waals surface area contributed by atoms with Gasteiger partial charge in [0.1, 0.15) is 17.5 Å². The summed E-state index contributed by atoms with van der Waals surface area (Å²) in [4.78, 5) is 44.6. The van der Waals surface area contributed by atoms with Crippen molar-refractivity contribution in [2.24, 2.45) is 0 Å². The maximum atomic E-state index is 12.7. The van der Waals surface area contributed by atoms with Crippen molar-refractivity contribution < 1.29 is 24.3 Å². The first kappa shape index (κ1) is 22.3. The first-order valence-corrected chi connectivity index (χ1v) is 11.2. The van der Waals surface area contributed by atoms with Crippen molar-refractivity contribution in [2.45, 2.75) is 70.1 Å². The molecule has 1 aromatic rings. The van der Waals surface area contributed by atoms with E-state index in [0.29, 0.717) is 44.2 Å². The second-order valence-corrected chi connectivity index (χ2v) is 9.73. The average molecular weight is 446 g/mol. The van der Waals surface area contributed by atoms with Crippen LogP contribution in [0.1, 0.15) is 57.9 Å². The number of nitrogens with one attached hydrogen (secondary N) is 1. The predicted molar refractivity (Wildman–Crippen MR) is 115 cm³/mol. The van der Waals surface area contributed by atoms with Gasteiger partial charge in [-0.15, -0.1) is 0 Å². The Morgan fingerprint density at radius 2 is 1.88 bits per heavy atom. The second kappa shape index (κ2) is 8.57. The Bertz CT molecular complexity index is 876. The molecular weight excluding hydrogens is 414 g/mol. The van der Waals surface area contributed by atoms with Crippen LogP contribution in [0.5, 0.6) is 0 Å². The molecule has 0 saturated carbocycles. The third kappa shape index (κ3) is 4.64. The maximum absolute atomic E-state index is 12.7. The number of carbonyl (C=O) groups excluding carboxylic acids is 3. The molecule has 2 N–H and O–H groups in total. The minimum atomic E-state index is -0.602. The van der Waals surface area contributed by atoms with Gasteiger partial charge in [-0.1, -0.05) is 6.07 Å². The van der Waals surface area contributed by atoms with E-state index in [1.165, 1.54) is 4.90 Å². The number of aromatic nitrogens is 1. The van der Waals surface area contributed by atoms with Crippen molar-refractivity contribution in [1.29, 1.82) is 0 Å². The number of anilines is 1. The van der Waals surface area contributed by atoms with Crippen LogP contribution in [0.15, 0.2) is 18.3 Å². The number of amides is 4. The van der Waals surface area contributed by atoms with E-state index in [1.807, 2.05) is 26.8 Å². The zero-order valence-corrected chi connectivity index (χ0v) is 18.8. The molecule has 1 aromatic heterocycles. The summed E-state index contributed by atoms with van der Waals surface area (Å²) in [5, 5.41) is 13.3. The fourth-order valence-corrected chi connectivity index (χ4v) is 4.58. The van der Waals surface area contributed by atoms with Crippen LogP contribution in [0.4, 0.5) is 15.4 Å². The van der Waals surface area contributed by atoms with Crippen LogP contribution in [-0.2, 0) is 9.53 Å². The maximum Gasteiger partial charge on any atom is 0.410 e. The van der Waals surface area contributed by atoms with E-state index < -0.39 is 17.7 Å². The number of carbonyl (C=O) groups is 3. The van der Waals surface area contributed by atoms with E-state index in [1.54, 1.807) is 17.2 Å². The molecule has 0 radical (unpaired) electrons. The third-order valence-electron chi connectivity index (χ3n) is 6.30. The number of hydrogen-bond acceptors (Lipinski definition) is 6. The molecule has 0 aliphatic carbocycles. The number of rotatable bonds is 3. The van der Waals surface area contributed by atoms with Crippen molar-refractivity contribution in [3.63, 3.8) is 0 Å². The van der Waals surface area contributed by atoms with Gasteiger partial charge in [0, 0.05) is 25.8 Å². The van der Waals surface area contributed by atoms with Gasteiger partial charge in [-0.3, -0.25) is 10.0 Å². The fourth-order valence-electron chi connectivity index (χ4n) is 4.58. The zero-order chi connectivity index (χ0) is 23.0. The highest BCUT2D eigenvalue weighted by molar-refractivity contribution is 5.97. The molecular formula is C22H31N5O5. The normalized spacial score (nSPS) is 24.0. The number of hydroxylamine groups is 2. The summed E-state index contributed by atoms with van der Waals surface area (Å²) in [6.07, 6.45) is 4.23. The van der Waals surface area contributed by atoms with Crippen molar-refractivity contribution in [2.75, 3.05) is 25.0 Å². The number of ether oxygens (including phenoxy) is 1. The van der Waals surface area contributed by atoms with Crippen LogP contribution in [0, 0.1) is 0 Å². The summed E-state index contributed by atoms with van der Waals surface area (Å²) in [5.74, 6) is 0.427. The smallest absolute Gasteiger partial charge is 0.410 e. The Morgan fingerprint density at radius 1 is 1.16 bits per heavy atom. The van der Waals surface area contributed by atoms with Gasteiger partial charge in [0.05, 0.1) is 6.04 Å². The molecule has 3 saturated heterocycles. The third-order valence-corrected chi connectivity index (χ3v) is 6.30. The van der Waals surface area contributed by atoms with Crippen molar-refractivity contribution in [3.8, 4) is 0 Å². The first-order chi connectivity index (χ1) is 15.1. The topological polar surface area (TPSA) is 115 Å². The fraction of sp³-hybridized carbons (Fsp3) is 0.636. The predicted octanol–water partition coefficient (Wildman–Crippen LogP) is 2.79. The van der Waals surface area contributed by atoms with Gasteiger partial charge < -0.3 is 19.9 Å². The van der Waals surface area contributed by atoms with Crippen LogP contribution >= 0.6 is 0 Å². The van der Waals surface area contributed by atoms with Gasteiger partial charge in [-0.2, -0.15) is 0 Å². The first-order valence-electron chi connectivity index (χ1n) is 11.2. The Balaban J connectivity index is 1.30. The van der Waals surface area contributed by atoms with E-state index >= 15 is 0 Å². The number of hydrogen-bond donors (Lipinski definition) is 2. The van der Waals surface area contributed by atoms with E-state index in [0.717, 1.165) is 23.5 Å². The lowest BCUT2D eigenvalue weighted by Gasteiger charge is -2.33. The molecule has 0 aromatic carbocycles. The van der Waals surface area contributed by atoms with Crippen LogP contribution in [0.2, 0.25) is 0 Å². The standard InChI is InChI=1S/C22H31N5O5/c1-22(2,3)32-21(30)25-10-8-14(9-11-25)15-4-7-18(23-12-15)24-19(28)17-6-5-16-13-26(17)20(29)27(16)31/h4,7,12,14,16-17,31H,5-6,8-11,13H2,1-3H3,(H,23,24,28)/t16?,17-/m0/s1. The van der Waals surface area contributed by atoms with Gasteiger partial charge in [0.2, 0.25) is 5.91 Å². The minimum absolute atomic E-state index is 0.231. The van der Waals surface area contributed by atoms with Crippen LogP contribution < -0.4 is 5.32 Å². The van der Waals surface area contributed by atoms with Crippen molar-refractivity contribution in [1.82, 2.24) is 19.8 Å². The summed E-state index contributed by atoms with van der Waals surface area (Å²) in [6.45, 7) is 7.21. The molecule has 3 aliphatic rings. The van der Waals surface area contributed by atoms with Crippen molar-refractivity contribution in [3.05, 3.63) is 23.9 Å². The molecule has 32 heavy (non-hydrogen) atoms. The number of pyridine rings is 1. The summed E-state index contributed by atoms with van der Waals surface area (Å²) in [7, 11) is 0. The number of fused-ring (bicyclic) bond motifs is 2. The largest absolute Gasteiger partial charge is 0.444 e. The molecule has 4 rings (SSSR count). The number of likely N-dealkylation sites (tertiary alicyclic amines) is 1. The molecule has 2 atom stereocenters. The SMILES string of the molecule is CC(C)(C)OC(=O)N1CCC(c2ccc(NC(=O)[C@@H]3CCC4CN3C(=O)N4O)nc2)CC1. The molecule has 174 valence electrons. The van der Waals surface area contributed by atoms with Gasteiger partial charge in [-0.25, -0.2) is 19.6 Å². The van der Waals surface area contributed by atoms with Crippen molar-refractivity contribution >= 4 is 23.8 Å². The Morgan fingerprint density at radius 3 is 2.50 bits per heavy atom. The molecule has 3 fully saturated rings. The summed E-state index contributed by atoms with van der Waals surface area (Å²) in [5.41, 5.74) is 0.565. The van der Waals surface area contributed by atoms with E-state index in [-0.39, 0.29) is 18.0 Å². The van der Waals surface area contributed by atoms with Gasteiger partial charge in [0.15, 0.2) is 0 Å². The summed E-state index contributed by atoms with van der Waals surface area (Å²) >= 11 is 0. The van der Waals surface area contributed by atoms with Crippen LogP contribution in [-0.4, -0.2) is 80.4 Å². The molecule has 10 nitrogen and oxygen atoms in total. The second-order valence-electron chi connectivity index (χ2n) is 9.73. The summed E-state index contributed by atoms with van der Waals surface area (Å²) in [6, 6.07) is 2.36. The molecule has 4 amide bonds. The molecule has 10 heteroatoms. The molecule has 3 aliphatic heterocycles. The molecule has 0 spiro atoms. The molecule has 2 bridgehead atoms. The summed E-state index contributed by atoms with van der Waals surface area (Å²) < 4.78 is 5.45. The quantitative estimate of drug-likeness (QED) is 0.692. The van der Waals surface area contributed by atoms with Gasteiger partial charge in [-0.05, 0) is 64.0 Å². The van der Waals surface area contributed by atoms with E-state index in [2.05, 4.69) is 10.3 Å². The zero-order valence-electron chi connectivity index (χ0n) is 18.8.